The summed E-state index contributed by atoms with van der Waals surface area (Å²) in [7, 11) is 0. The fraction of sp³-hybridized carbons (Fsp3) is 0.500. The summed E-state index contributed by atoms with van der Waals surface area (Å²) in [5.41, 5.74) is 1.47. The third-order valence-corrected chi connectivity index (χ3v) is 5.83. The minimum absolute atomic E-state index is 0.593. The molecule has 5 nitrogen and oxygen atoms in total. The lowest BCUT2D eigenvalue weighted by atomic mass is 10.0. The first-order chi connectivity index (χ1) is 10.4. The van der Waals surface area contributed by atoms with Crippen LogP contribution in [0.1, 0.15) is 18.4 Å². The average Bonchev–Trinajstić information content (AvgIpc) is 3.12. The lowest BCUT2D eigenvalue weighted by Crippen LogP contribution is -2.20. The summed E-state index contributed by atoms with van der Waals surface area (Å²) in [5, 5.41) is 16.2. The van der Waals surface area contributed by atoms with Crippen molar-refractivity contribution in [1.82, 2.24) is 25.5 Å². The Hall–Kier alpha value is -1.05. The number of likely N-dealkylation sites (N-methyl/N-ethyl adjacent to an activating group) is 1. The molecule has 0 spiro atoms. The van der Waals surface area contributed by atoms with E-state index in [9.17, 15) is 0 Å². The van der Waals surface area contributed by atoms with E-state index in [4.69, 9.17) is 0 Å². The minimum atomic E-state index is 0.593. The Kier molecular flexibility index (Phi) is 5.16. The molecule has 2 heterocycles. The second kappa shape index (κ2) is 7.29. The van der Waals surface area contributed by atoms with E-state index in [1.54, 1.807) is 11.8 Å². The highest BCUT2D eigenvalue weighted by Crippen LogP contribution is 2.41. The molecule has 1 N–H and O–H groups in total. The third kappa shape index (κ3) is 3.59. The van der Waals surface area contributed by atoms with Crippen LogP contribution in [0.3, 0.4) is 0 Å². The van der Waals surface area contributed by atoms with Gasteiger partial charge in [-0.25, -0.2) is 4.68 Å². The van der Waals surface area contributed by atoms with Crippen molar-refractivity contribution < 1.29 is 0 Å². The maximum atomic E-state index is 4.14. The van der Waals surface area contributed by atoms with E-state index in [2.05, 4.69) is 52.0 Å². The van der Waals surface area contributed by atoms with Crippen molar-refractivity contribution in [2.24, 2.45) is 0 Å². The highest BCUT2D eigenvalue weighted by Gasteiger charge is 2.23. The van der Waals surface area contributed by atoms with Crippen molar-refractivity contribution in [3.63, 3.8) is 0 Å². The van der Waals surface area contributed by atoms with Crippen LogP contribution in [0.15, 0.2) is 34.3 Å². The fourth-order valence-electron chi connectivity index (χ4n) is 2.34. The van der Waals surface area contributed by atoms with Crippen molar-refractivity contribution in [3.8, 4) is 0 Å². The Bertz CT molecular complexity index is 586. The molecule has 1 atom stereocenters. The molecule has 0 fully saturated rings. The molecule has 0 saturated carbocycles. The van der Waals surface area contributed by atoms with Crippen LogP contribution < -0.4 is 5.32 Å². The summed E-state index contributed by atoms with van der Waals surface area (Å²) in [6.45, 7) is 4.79. The quantitative estimate of drug-likeness (QED) is 0.624. The average molecular weight is 321 g/mol. The number of aromatic nitrogens is 4. The molecule has 0 bridgehead atoms. The van der Waals surface area contributed by atoms with E-state index < -0.39 is 0 Å². The first kappa shape index (κ1) is 14.9. The van der Waals surface area contributed by atoms with Gasteiger partial charge in [0.05, 0.1) is 6.54 Å². The van der Waals surface area contributed by atoms with Gasteiger partial charge < -0.3 is 5.32 Å². The van der Waals surface area contributed by atoms with Crippen LogP contribution in [-0.4, -0.2) is 44.8 Å². The Morgan fingerprint density at radius 1 is 1.43 bits per heavy atom. The monoisotopic (exact) mass is 321 g/mol. The van der Waals surface area contributed by atoms with Crippen LogP contribution in [0.25, 0.3) is 0 Å². The smallest absolute Gasteiger partial charge is 0.209 e. The molecule has 1 aromatic heterocycles. The number of rotatable bonds is 7. The zero-order chi connectivity index (χ0) is 14.5. The second-order valence-corrected chi connectivity index (χ2v) is 6.94. The predicted octanol–water partition coefficient (Wildman–Crippen LogP) is 2.26. The molecule has 7 heteroatoms. The molecule has 3 rings (SSSR count). The zero-order valence-electron chi connectivity index (χ0n) is 12.0. The molecule has 1 unspecified atom stereocenters. The van der Waals surface area contributed by atoms with Gasteiger partial charge in [0.15, 0.2) is 0 Å². The SMILES string of the molecule is CCNCCn1nnnc1SCC1CSc2ccccc21. The first-order valence-electron chi connectivity index (χ1n) is 7.20. The summed E-state index contributed by atoms with van der Waals surface area (Å²) in [4.78, 5) is 1.43. The van der Waals surface area contributed by atoms with Gasteiger partial charge in [0.1, 0.15) is 0 Å². The van der Waals surface area contributed by atoms with E-state index in [0.29, 0.717) is 5.92 Å². The lowest BCUT2D eigenvalue weighted by Gasteiger charge is -2.10. The fourth-order valence-corrected chi connectivity index (χ4v) is 4.77. The first-order valence-corrected chi connectivity index (χ1v) is 9.17. The van der Waals surface area contributed by atoms with Crippen LogP contribution >= 0.6 is 23.5 Å². The van der Waals surface area contributed by atoms with Crippen LogP contribution in [0, 0.1) is 0 Å². The van der Waals surface area contributed by atoms with E-state index in [1.165, 1.54) is 10.5 Å². The van der Waals surface area contributed by atoms with Crippen molar-refractivity contribution in [2.45, 2.75) is 29.4 Å². The Morgan fingerprint density at radius 2 is 2.33 bits per heavy atom. The maximum Gasteiger partial charge on any atom is 0.209 e. The molecule has 1 aliphatic rings. The van der Waals surface area contributed by atoms with Crippen LogP contribution in [-0.2, 0) is 6.54 Å². The van der Waals surface area contributed by atoms with E-state index in [-0.39, 0.29) is 0 Å². The number of nitrogens with zero attached hydrogens (tertiary/aromatic N) is 4. The molecule has 21 heavy (non-hydrogen) atoms. The summed E-state index contributed by atoms with van der Waals surface area (Å²) < 4.78 is 1.89. The summed E-state index contributed by atoms with van der Waals surface area (Å²) in [6, 6.07) is 8.70. The van der Waals surface area contributed by atoms with Crippen LogP contribution in [0.2, 0.25) is 0 Å². The molecular weight excluding hydrogens is 302 g/mol. The second-order valence-electron chi connectivity index (χ2n) is 4.89. The minimum Gasteiger partial charge on any atom is -0.315 e. The highest BCUT2D eigenvalue weighted by molar-refractivity contribution is 8.00. The highest BCUT2D eigenvalue weighted by atomic mass is 32.2. The lowest BCUT2D eigenvalue weighted by molar-refractivity contribution is 0.517. The van der Waals surface area contributed by atoms with E-state index in [0.717, 1.165) is 36.3 Å². The largest absolute Gasteiger partial charge is 0.315 e. The Morgan fingerprint density at radius 3 is 3.24 bits per heavy atom. The van der Waals surface area contributed by atoms with Gasteiger partial charge in [-0.2, -0.15) is 0 Å². The van der Waals surface area contributed by atoms with Crippen molar-refractivity contribution in [2.75, 3.05) is 24.6 Å². The standard InChI is InChI=1S/C14H19N5S2/c1-2-15-7-8-19-14(16-17-18-19)21-10-11-9-20-13-6-4-3-5-12(11)13/h3-6,11,15H,2,7-10H2,1H3. The number of tetrazole rings is 1. The number of fused-ring (bicyclic) bond motifs is 1. The molecule has 0 saturated heterocycles. The summed E-state index contributed by atoms with van der Waals surface area (Å²) in [5.74, 6) is 2.78. The van der Waals surface area contributed by atoms with Crippen molar-refractivity contribution in [3.05, 3.63) is 29.8 Å². The van der Waals surface area contributed by atoms with E-state index >= 15 is 0 Å². The molecular formula is C14H19N5S2. The molecule has 112 valence electrons. The number of nitrogens with one attached hydrogen (secondary N) is 1. The topological polar surface area (TPSA) is 55.6 Å². The third-order valence-electron chi connectivity index (χ3n) is 3.46. The Balaban J connectivity index is 1.58. The molecule has 1 aromatic carbocycles. The van der Waals surface area contributed by atoms with Crippen molar-refractivity contribution in [1.29, 1.82) is 0 Å². The molecule has 1 aliphatic heterocycles. The number of benzene rings is 1. The molecule has 2 aromatic rings. The van der Waals surface area contributed by atoms with Gasteiger partial charge in [-0.05, 0) is 28.6 Å². The number of hydrogen-bond donors (Lipinski definition) is 1. The molecule has 0 amide bonds. The molecule has 0 radical (unpaired) electrons. The van der Waals surface area contributed by atoms with Crippen LogP contribution in [0.5, 0.6) is 0 Å². The summed E-state index contributed by atoms with van der Waals surface area (Å²) >= 11 is 3.71. The van der Waals surface area contributed by atoms with E-state index in [1.807, 2.05) is 16.4 Å². The number of thioether (sulfide) groups is 2. The van der Waals surface area contributed by atoms with Gasteiger partial charge >= 0.3 is 0 Å². The van der Waals surface area contributed by atoms with Gasteiger partial charge in [0.25, 0.3) is 0 Å². The predicted molar refractivity (Wildman–Crippen MR) is 87.0 cm³/mol. The summed E-state index contributed by atoms with van der Waals surface area (Å²) in [6.07, 6.45) is 0. The van der Waals surface area contributed by atoms with Gasteiger partial charge in [0, 0.05) is 28.9 Å². The molecule has 0 aliphatic carbocycles. The van der Waals surface area contributed by atoms with Gasteiger partial charge in [-0.3, -0.25) is 0 Å². The van der Waals surface area contributed by atoms with Crippen LogP contribution in [0.4, 0.5) is 0 Å². The van der Waals surface area contributed by atoms with Gasteiger partial charge in [0.2, 0.25) is 5.16 Å². The number of hydrogen-bond acceptors (Lipinski definition) is 6. The Labute approximate surface area is 133 Å². The van der Waals surface area contributed by atoms with Gasteiger partial charge in [-0.1, -0.05) is 36.9 Å². The van der Waals surface area contributed by atoms with Gasteiger partial charge in [-0.15, -0.1) is 16.9 Å². The zero-order valence-corrected chi connectivity index (χ0v) is 13.7. The van der Waals surface area contributed by atoms with Crippen molar-refractivity contribution >= 4 is 23.5 Å². The maximum absolute atomic E-state index is 4.14. The normalized spacial score (nSPS) is 17.1.